The molecule has 2 aliphatic heterocycles. The van der Waals surface area contributed by atoms with Crippen LogP contribution in [0.25, 0.3) is 0 Å². The predicted molar refractivity (Wildman–Crippen MR) is 96.6 cm³/mol. The van der Waals surface area contributed by atoms with Crippen LogP contribution in [-0.4, -0.2) is 53.3 Å². The Hall–Kier alpha value is -1.89. The maximum Gasteiger partial charge on any atom is 0.228 e. The highest BCUT2D eigenvalue weighted by molar-refractivity contribution is 6.29. The van der Waals surface area contributed by atoms with Crippen molar-refractivity contribution in [2.24, 2.45) is 0 Å². The number of piperidine rings is 1. The summed E-state index contributed by atoms with van der Waals surface area (Å²) in [4.78, 5) is 10.7. The van der Waals surface area contributed by atoms with Crippen LogP contribution in [-0.2, 0) is 4.74 Å². The molecule has 2 atom stereocenters. The Morgan fingerprint density at radius 2 is 1.88 bits per heavy atom. The third kappa shape index (κ3) is 3.86. The summed E-state index contributed by atoms with van der Waals surface area (Å²) in [5.41, 5.74) is 0.892. The van der Waals surface area contributed by atoms with Crippen molar-refractivity contribution in [1.29, 1.82) is 0 Å². The third-order valence-electron chi connectivity index (χ3n) is 4.88. The summed E-state index contributed by atoms with van der Waals surface area (Å²) in [6.07, 6.45) is 3.87. The summed E-state index contributed by atoms with van der Waals surface area (Å²) < 4.78 is 11.9. The summed E-state index contributed by atoms with van der Waals surface area (Å²) in [7, 11) is 2.19. The number of nitrogens with one attached hydrogen (secondary N) is 1. The monoisotopic (exact) mass is 360 g/mol. The van der Waals surface area contributed by atoms with E-state index in [4.69, 9.17) is 21.1 Å². The van der Waals surface area contributed by atoms with Crippen LogP contribution in [0.15, 0.2) is 36.5 Å². The van der Waals surface area contributed by atoms with Gasteiger partial charge in [-0.1, -0.05) is 11.6 Å². The Kier molecular flexibility index (Phi) is 4.74. The number of hydrogen-bond donors (Lipinski definition) is 1. The molecular formula is C18H21ClN4O2. The molecule has 132 valence electrons. The fourth-order valence-corrected chi connectivity index (χ4v) is 3.61. The molecule has 0 amide bonds. The number of aromatic nitrogens is 2. The molecule has 2 bridgehead atoms. The van der Waals surface area contributed by atoms with Crippen LogP contribution in [0.4, 0.5) is 11.6 Å². The number of ether oxygens (including phenoxy) is 2. The third-order valence-corrected chi connectivity index (χ3v) is 5.09. The van der Waals surface area contributed by atoms with E-state index >= 15 is 0 Å². The number of anilines is 2. The van der Waals surface area contributed by atoms with E-state index in [9.17, 15) is 0 Å². The molecule has 0 unspecified atom stereocenters. The van der Waals surface area contributed by atoms with E-state index in [2.05, 4.69) is 27.2 Å². The van der Waals surface area contributed by atoms with E-state index in [1.54, 1.807) is 12.3 Å². The molecule has 0 spiro atoms. The van der Waals surface area contributed by atoms with E-state index in [-0.39, 0.29) is 6.10 Å². The topological polar surface area (TPSA) is 59.5 Å². The van der Waals surface area contributed by atoms with Gasteiger partial charge in [-0.15, -0.1) is 0 Å². The van der Waals surface area contributed by atoms with Gasteiger partial charge >= 0.3 is 0 Å². The summed E-state index contributed by atoms with van der Waals surface area (Å²) in [6.45, 7) is 1.60. The zero-order chi connectivity index (χ0) is 17.2. The lowest BCUT2D eigenvalue weighted by Crippen LogP contribution is -2.57. The molecule has 1 N–H and O–H groups in total. The van der Waals surface area contributed by atoms with E-state index in [0.717, 1.165) is 37.5 Å². The minimum absolute atomic E-state index is 0.241. The second-order valence-corrected chi connectivity index (χ2v) is 6.96. The van der Waals surface area contributed by atoms with Crippen LogP contribution in [0.1, 0.15) is 12.8 Å². The summed E-state index contributed by atoms with van der Waals surface area (Å²) in [5, 5.41) is 3.54. The van der Waals surface area contributed by atoms with Crippen LogP contribution < -0.4 is 10.1 Å². The van der Waals surface area contributed by atoms with Crippen LogP contribution in [0, 0.1) is 0 Å². The first-order valence-electron chi connectivity index (χ1n) is 8.49. The largest absolute Gasteiger partial charge is 0.490 e. The number of hydrogen-bond acceptors (Lipinski definition) is 6. The lowest BCUT2D eigenvalue weighted by atomic mass is 9.92. The van der Waals surface area contributed by atoms with Gasteiger partial charge in [0.1, 0.15) is 17.0 Å². The Morgan fingerprint density at radius 1 is 1.16 bits per heavy atom. The van der Waals surface area contributed by atoms with Gasteiger partial charge in [-0.25, -0.2) is 9.97 Å². The normalized spacial score (nSPS) is 26.2. The van der Waals surface area contributed by atoms with E-state index in [1.807, 2.05) is 24.3 Å². The SMILES string of the molecule is CN1[C@H]2COC[C@H]1CC(Oc1ccc(Nc3nccc(Cl)n3)cc1)C2. The minimum atomic E-state index is 0.241. The van der Waals surface area contributed by atoms with Gasteiger partial charge in [0.25, 0.3) is 0 Å². The number of rotatable bonds is 4. The van der Waals surface area contributed by atoms with Crippen molar-refractivity contribution in [2.45, 2.75) is 31.0 Å². The maximum absolute atomic E-state index is 6.20. The quantitative estimate of drug-likeness (QED) is 0.845. The number of nitrogens with zero attached hydrogens (tertiary/aromatic N) is 3. The molecule has 2 aliphatic rings. The predicted octanol–water partition coefficient (Wildman–Crippen LogP) is 3.11. The first-order valence-corrected chi connectivity index (χ1v) is 8.87. The smallest absolute Gasteiger partial charge is 0.228 e. The zero-order valence-corrected chi connectivity index (χ0v) is 14.8. The van der Waals surface area contributed by atoms with Crippen molar-refractivity contribution < 1.29 is 9.47 Å². The Bertz CT molecular complexity index is 713. The van der Waals surface area contributed by atoms with Gasteiger partial charge < -0.3 is 14.8 Å². The lowest BCUT2D eigenvalue weighted by Gasteiger charge is -2.46. The lowest BCUT2D eigenvalue weighted by molar-refractivity contribution is -0.0879. The van der Waals surface area contributed by atoms with E-state index in [0.29, 0.717) is 23.2 Å². The van der Waals surface area contributed by atoms with E-state index < -0.39 is 0 Å². The average molecular weight is 361 g/mol. The van der Waals surface area contributed by atoms with E-state index in [1.165, 1.54) is 0 Å². The van der Waals surface area contributed by atoms with Gasteiger partial charge in [-0.3, -0.25) is 4.90 Å². The van der Waals surface area contributed by atoms with Gasteiger partial charge in [0.05, 0.1) is 13.2 Å². The summed E-state index contributed by atoms with van der Waals surface area (Å²) in [6, 6.07) is 10.4. The highest BCUT2D eigenvalue weighted by Gasteiger charge is 2.37. The molecular weight excluding hydrogens is 340 g/mol. The van der Waals surface area contributed by atoms with Crippen molar-refractivity contribution in [3.8, 4) is 5.75 Å². The molecule has 3 heterocycles. The van der Waals surface area contributed by atoms with Gasteiger partial charge in [0.15, 0.2) is 0 Å². The molecule has 2 fully saturated rings. The second kappa shape index (κ2) is 7.15. The van der Waals surface area contributed by atoms with Gasteiger partial charge in [-0.05, 0) is 37.4 Å². The van der Waals surface area contributed by atoms with Gasteiger partial charge in [0, 0.05) is 36.8 Å². The number of morpholine rings is 1. The Balaban J connectivity index is 1.37. The first kappa shape index (κ1) is 16.6. The van der Waals surface area contributed by atoms with Crippen LogP contribution >= 0.6 is 11.6 Å². The second-order valence-electron chi connectivity index (χ2n) is 6.57. The summed E-state index contributed by atoms with van der Waals surface area (Å²) in [5.74, 6) is 1.36. The fraction of sp³-hybridized carbons (Fsp3) is 0.444. The highest BCUT2D eigenvalue weighted by atomic mass is 35.5. The summed E-state index contributed by atoms with van der Waals surface area (Å²) >= 11 is 5.87. The maximum atomic E-state index is 6.20. The molecule has 0 aliphatic carbocycles. The number of halogens is 1. The van der Waals surface area contributed by atoms with Crippen molar-refractivity contribution in [2.75, 3.05) is 25.6 Å². The molecule has 0 saturated carbocycles. The molecule has 25 heavy (non-hydrogen) atoms. The Labute approximate surface area is 152 Å². The zero-order valence-electron chi connectivity index (χ0n) is 14.1. The van der Waals surface area contributed by atoms with Crippen molar-refractivity contribution in [1.82, 2.24) is 14.9 Å². The van der Waals surface area contributed by atoms with Crippen LogP contribution in [0.5, 0.6) is 5.75 Å². The first-order chi connectivity index (χ1) is 12.2. The molecule has 4 rings (SSSR count). The van der Waals surface area contributed by atoms with Gasteiger partial charge in [-0.2, -0.15) is 0 Å². The molecule has 2 saturated heterocycles. The van der Waals surface area contributed by atoms with Gasteiger partial charge in [0.2, 0.25) is 5.95 Å². The van der Waals surface area contributed by atoms with Crippen LogP contribution in [0.3, 0.4) is 0 Å². The molecule has 6 nitrogen and oxygen atoms in total. The molecule has 1 aromatic carbocycles. The molecule has 7 heteroatoms. The number of fused-ring (bicyclic) bond motifs is 2. The molecule has 0 radical (unpaired) electrons. The average Bonchev–Trinajstić information content (AvgIpc) is 2.58. The fourth-order valence-electron chi connectivity index (χ4n) is 3.48. The molecule has 1 aromatic heterocycles. The standard InChI is InChI=1S/C18H21ClN4O2/c1-23-13-8-16(9-14(23)11-24-10-13)25-15-4-2-12(3-5-15)21-18-20-7-6-17(19)22-18/h2-7,13-14,16H,8-11H2,1H3,(H,20,21,22)/t13-,14-/m1/s1. The number of likely N-dealkylation sites (N-methyl/N-ethyl adjacent to an activating group) is 1. The van der Waals surface area contributed by atoms with Crippen LogP contribution in [0.2, 0.25) is 5.15 Å². The van der Waals surface area contributed by atoms with Crippen molar-refractivity contribution in [3.63, 3.8) is 0 Å². The molecule has 2 aromatic rings. The van der Waals surface area contributed by atoms with Crippen molar-refractivity contribution >= 4 is 23.2 Å². The number of benzene rings is 1. The Morgan fingerprint density at radius 3 is 2.56 bits per heavy atom. The van der Waals surface area contributed by atoms with Crippen molar-refractivity contribution in [3.05, 3.63) is 41.7 Å². The minimum Gasteiger partial charge on any atom is -0.490 e. The highest BCUT2D eigenvalue weighted by Crippen LogP contribution is 2.29.